The van der Waals surface area contributed by atoms with Crippen LogP contribution >= 0.6 is 15.9 Å². The van der Waals surface area contributed by atoms with E-state index in [9.17, 15) is 4.79 Å². The molecule has 0 saturated carbocycles. The van der Waals surface area contributed by atoms with Crippen molar-refractivity contribution >= 4 is 27.5 Å². The summed E-state index contributed by atoms with van der Waals surface area (Å²) < 4.78 is 1.06. The van der Waals surface area contributed by atoms with Gasteiger partial charge in [-0.3, -0.25) is 4.79 Å². The van der Waals surface area contributed by atoms with Crippen molar-refractivity contribution in [2.75, 3.05) is 5.32 Å². The van der Waals surface area contributed by atoms with Crippen LogP contribution in [0.3, 0.4) is 0 Å². The monoisotopic (exact) mass is 360 g/mol. The predicted octanol–water partition coefficient (Wildman–Crippen LogP) is 4.52. The summed E-state index contributed by atoms with van der Waals surface area (Å²) in [7, 11) is 0. The molecule has 0 saturated heterocycles. The van der Waals surface area contributed by atoms with E-state index in [2.05, 4.69) is 45.6 Å². The number of nitrogens with one attached hydrogen (secondary N) is 2. The largest absolute Gasteiger partial charge is 0.326 e. The van der Waals surface area contributed by atoms with Gasteiger partial charge in [0.2, 0.25) is 5.91 Å². The van der Waals surface area contributed by atoms with Crippen LogP contribution in [0.1, 0.15) is 31.9 Å². The van der Waals surface area contributed by atoms with Crippen molar-refractivity contribution in [3.8, 4) is 0 Å². The van der Waals surface area contributed by atoms with Crippen LogP contribution in [-0.2, 0) is 4.79 Å². The molecule has 4 heteroatoms. The molecule has 0 unspecified atom stereocenters. The van der Waals surface area contributed by atoms with Crippen LogP contribution in [0.5, 0.6) is 0 Å². The molecule has 0 aliphatic heterocycles. The Bertz CT molecular complexity index is 615. The highest BCUT2D eigenvalue weighted by molar-refractivity contribution is 9.10. The van der Waals surface area contributed by atoms with Crippen molar-refractivity contribution in [3.05, 3.63) is 64.6 Å². The van der Waals surface area contributed by atoms with E-state index in [0.29, 0.717) is 6.42 Å². The van der Waals surface area contributed by atoms with Gasteiger partial charge in [-0.05, 0) is 43.7 Å². The molecule has 2 aromatic rings. The number of benzene rings is 2. The number of halogens is 1. The minimum Gasteiger partial charge on any atom is -0.326 e. The molecule has 0 radical (unpaired) electrons. The molecule has 0 spiro atoms. The van der Waals surface area contributed by atoms with Crippen LogP contribution in [0.2, 0.25) is 0 Å². The second kappa shape index (κ2) is 8.11. The van der Waals surface area contributed by atoms with Gasteiger partial charge in [0.15, 0.2) is 0 Å². The first-order valence-electron chi connectivity index (χ1n) is 7.41. The maximum absolute atomic E-state index is 12.0. The van der Waals surface area contributed by atoms with Gasteiger partial charge in [-0.2, -0.15) is 0 Å². The SMILES string of the molecule is C[C@@H](CC(=O)Nc1ccccc1)N[C@H](C)c1cccc(Br)c1. The Kier molecular flexibility index (Phi) is 6.16. The van der Waals surface area contributed by atoms with E-state index in [0.717, 1.165) is 10.2 Å². The maximum Gasteiger partial charge on any atom is 0.225 e. The van der Waals surface area contributed by atoms with Crippen molar-refractivity contribution in [1.29, 1.82) is 0 Å². The molecule has 116 valence electrons. The first-order chi connectivity index (χ1) is 10.5. The van der Waals surface area contributed by atoms with Gasteiger partial charge in [-0.1, -0.05) is 46.3 Å². The third kappa shape index (κ3) is 5.28. The first-order valence-corrected chi connectivity index (χ1v) is 8.20. The third-order valence-corrected chi connectivity index (χ3v) is 3.93. The van der Waals surface area contributed by atoms with Crippen LogP contribution in [0.4, 0.5) is 5.69 Å². The zero-order chi connectivity index (χ0) is 15.9. The summed E-state index contributed by atoms with van der Waals surface area (Å²) in [5.74, 6) is 0.0210. The van der Waals surface area contributed by atoms with Gasteiger partial charge in [0.1, 0.15) is 0 Å². The lowest BCUT2D eigenvalue weighted by atomic mass is 10.1. The van der Waals surface area contributed by atoms with Gasteiger partial charge in [-0.25, -0.2) is 0 Å². The molecule has 2 rings (SSSR count). The first kappa shape index (κ1) is 16.7. The number of hydrogen-bond donors (Lipinski definition) is 2. The molecule has 2 N–H and O–H groups in total. The molecule has 0 fully saturated rings. The predicted molar refractivity (Wildman–Crippen MR) is 94.8 cm³/mol. The van der Waals surface area contributed by atoms with Crippen LogP contribution in [0.15, 0.2) is 59.1 Å². The van der Waals surface area contributed by atoms with E-state index in [1.165, 1.54) is 5.56 Å². The molecular formula is C18H21BrN2O. The summed E-state index contributed by atoms with van der Waals surface area (Å²) >= 11 is 3.48. The fourth-order valence-electron chi connectivity index (χ4n) is 2.37. The zero-order valence-electron chi connectivity index (χ0n) is 12.8. The van der Waals surface area contributed by atoms with E-state index in [-0.39, 0.29) is 18.0 Å². The lowest BCUT2D eigenvalue weighted by molar-refractivity contribution is -0.116. The van der Waals surface area contributed by atoms with E-state index >= 15 is 0 Å². The topological polar surface area (TPSA) is 41.1 Å². The normalized spacial score (nSPS) is 13.4. The Morgan fingerprint density at radius 1 is 1.09 bits per heavy atom. The van der Waals surface area contributed by atoms with Gasteiger partial charge in [0.25, 0.3) is 0 Å². The van der Waals surface area contributed by atoms with Gasteiger partial charge in [0, 0.05) is 28.7 Å². The molecular weight excluding hydrogens is 340 g/mol. The van der Waals surface area contributed by atoms with Gasteiger partial charge < -0.3 is 10.6 Å². The fourth-order valence-corrected chi connectivity index (χ4v) is 2.79. The maximum atomic E-state index is 12.0. The molecule has 1 amide bonds. The van der Waals surface area contributed by atoms with Crippen LogP contribution in [0.25, 0.3) is 0 Å². The molecule has 2 atom stereocenters. The number of amides is 1. The number of anilines is 1. The Balaban J connectivity index is 1.84. The van der Waals surface area contributed by atoms with Crippen LogP contribution in [-0.4, -0.2) is 11.9 Å². The number of para-hydroxylation sites is 1. The van der Waals surface area contributed by atoms with E-state index < -0.39 is 0 Å². The average molecular weight is 361 g/mol. The lowest BCUT2D eigenvalue weighted by Gasteiger charge is -2.20. The highest BCUT2D eigenvalue weighted by Crippen LogP contribution is 2.18. The van der Waals surface area contributed by atoms with Crippen molar-refractivity contribution in [1.82, 2.24) is 5.32 Å². The number of carbonyl (C=O) groups is 1. The lowest BCUT2D eigenvalue weighted by Crippen LogP contribution is -2.32. The summed E-state index contributed by atoms with van der Waals surface area (Å²) in [6, 6.07) is 18.0. The van der Waals surface area contributed by atoms with E-state index in [4.69, 9.17) is 0 Å². The smallest absolute Gasteiger partial charge is 0.225 e. The Hall–Kier alpha value is -1.65. The van der Waals surface area contributed by atoms with Gasteiger partial charge >= 0.3 is 0 Å². The molecule has 0 heterocycles. The Morgan fingerprint density at radius 2 is 1.82 bits per heavy atom. The Morgan fingerprint density at radius 3 is 2.50 bits per heavy atom. The van der Waals surface area contributed by atoms with Gasteiger partial charge in [-0.15, -0.1) is 0 Å². The second-order valence-corrected chi connectivity index (χ2v) is 6.38. The minimum absolute atomic E-state index is 0.0210. The number of hydrogen-bond acceptors (Lipinski definition) is 2. The molecule has 0 aliphatic carbocycles. The van der Waals surface area contributed by atoms with Crippen molar-refractivity contribution < 1.29 is 4.79 Å². The molecule has 0 aromatic heterocycles. The average Bonchev–Trinajstić information content (AvgIpc) is 2.47. The Labute approximate surface area is 140 Å². The number of rotatable bonds is 6. The zero-order valence-corrected chi connectivity index (χ0v) is 14.4. The van der Waals surface area contributed by atoms with Crippen molar-refractivity contribution in [2.24, 2.45) is 0 Å². The summed E-state index contributed by atoms with van der Waals surface area (Å²) in [5.41, 5.74) is 2.03. The summed E-state index contributed by atoms with van der Waals surface area (Å²) in [4.78, 5) is 12.0. The standard InChI is InChI=1S/C18H21BrN2O/c1-13(11-18(22)21-17-9-4-3-5-10-17)20-14(2)15-7-6-8-16(19)12-15/h3-10,12-14,20H,11H2,1-2H3,(H,21,22)/t13-,14+/m0/s1. The van der Waals surface area contributed by atoms with Crippen molar-refractivity contribution in [3.63, 3.8) is 0 Å². The highest BCUT2D eigenvalue weighted by atomic mass is 79.9. The van der Waals surface area contributed by atoms with Crippen molar-refractivity contribution in [2.45, 2.75) is 32.4 Å². The summed E-state index contributed by atoms with van der Waals surface area (Å²) in [6.07, 6.45) is 0.438. The fraction of sp³-hybridized carbons (Fsp3) is 0.278. The quantitative estimate of drug-likeness (QED) is 0.795. The number of carbonyl (C=O) groups excluding carboxylic acids is 1. The van der Waals surface area contributed by atoms with E-state index in [1.54, 1.807) is 0 Å². The molecule has 0 aliphatic rings. The molecule has 3 nitrogen and oxygen atoms in total. The third-order valence-electron chi connectivity index (χ3n) is 3.43. The van der Waals surface area contributed by atoms with Crippen LogP contribution < -0.4 is 10.6 Å². The summed E-state index contributed by atoms with van der Waals surface area (Å²) in [5, 5.41) is 6.37. The molecule has 22 heavy (non-hydrogen) atoms. The second-order valence-electron chi connectivity index (χ2n) is 5.46. The highest BCUT2D eigenvalue weighted by Gasteiger charge is 2.13. The molecule has 0 bridgehead atoms. The molecule has 2 aromatic carbocycles. The van der Waals surface area contributed by atoms with Gasteiger partial charge in [0.05, 0.1) is 0 Å². The van der Waals surface area contributed by atoms with Crippen LogP contribution in [0, 0.1) is 0 Å². The summed E-state index contributed by atoms with van der Waals surface area (Å²) in [6.45, 7) is 4.13. The van der Waals surface area contributed by atoms with E-state index in [1.807, 2.05) is 49.4 Å². The minimum atomic E-state index is 0.0210.